The summed E-state index contributed by atoms with van der Waals surface area (Å²) in [5.41, 5.74) is 3.03. The molecule has 1 aliphatic heterocycles. The molecule has 7 heteroatoms. The molecule has 23 heavy (non-hydrogen) atoms. The summed E-state index contributed by atoms with van der Waals surface area (Å²) in [5, 5.41) is 25.7. The van der Waals surface area contributed by atoms with Crippen molar-refractivity contribution < 1.29 is 10.0 Å². The molecule has 0 spiro atoms. The number of nitrogens with zero attached hydrogens (tertiary/aromatic N) is 2. The van der Waals surface area contributed by atoms with E-state index < -0.39 is 0 Å². The van der Waals surface area contributed by atoms with Crippen LogP contribution < -0.4 is 10.2 Å². The van der Waals surface area contributed by atoms with Crippen molar-refractivity contribution in [3.05, 3.63) is 51.4 Å². The minimum Gasteiger partial charge on any atom is -0.393 e. The molecule has 2 aromatic rings. The van der Waals surface area contributed by atoms with E-state index in [1.165, 1.54) is 0 Å². The fourth-order valence-electron chi connectivity index (χ4n) is 2.75. The molecule has 0 aliphatic carbocycles. The number of rotatable bonds is 5. The van der Waals surface area contributed by atoms with Crippen LogP contribution in [0.1, 0.15) is 18.4 Å². The van der Waals surface area contributed by atoms with Crippen molar-refractivity contribution in [1.29, 1.82) is 0 Å². The zero-order valence-corrected chi connectivity index (χ0v) is 13.5. The van der Waals surface area contributed by atoms with Gasteiger partial charge in [0.2, 0.25) is 0 Å². The Labute approximate surface area is 138 Å². The topological polar surface area (TPSA) is 78.6 Å². The summed E-state index contributed by atoms with van der Waals surface area (Å²) in [6, 6.07) is 9.66. The van der Waals surface area contributed by atoms with Gasteiger partial charge in [-0.15, -0.1) is 0 Å². The highest BCUT2D eigenvalue weighted by atomic mass is 32.1. The van der Waals surface area contributed by atoms with E-state index in [9.17, 15) is 15.2 Å². The quantitative estimate of drug-likeness (QED) is 0.649. The number of aliphatic hydroxyl groups excluding tert-OH is 1. The first-order chi connectivity index (χ1) is 11.1. The number of nitro groups is 1. The van der Waals surface area contributed by atoms with Gasteiger partial charge in [0.1, 0.15) is 0 Å². The minimum atomic E-state index is -0.360. The van der Waals surface area contributed by atoms with Gasteiger partial charge >= 0.3 is 5.00 Å². The summed E-state index contributed by atoms with van der Waals surface area (Å²) in [5.74, 6) is 0. The first kappa shape index (κ1) is 15.8. The zero-order valence-electron chi connectivity index (χ0n) is 12.6. The summed E-state index contributed by atoms with van der Waals surface area (Å²) in [4.78, 5) is 12.7. The van der Waals surface area contributed by atoms with Crippen LogP contribution in [0.3, 0.4) is 0 Å². The number of anilines is 2. The molecule has 3 rings (SSSR count). The van der Waals surface area contributed by atoms with Crippen molar-refractivity contribution >= 4 is 27.7 Å². The van der Waals surface area contributed by atoms with Crippen LogP contribution in [0.15, 0.2) is 35.7 Å². The lowest BCUT2D eigenvalue weighted by Crippen LogP contribution is -2.36. The molecule has 2 N–H and O–H groups in total. The van der Waals surface area contributed by atoms with Crippen LogP contribution in [0.2, 0.25) is 0 Å². The molecule has 1 aromatic carbocycles. The van der Waals surface area contributed by atoms with Crippen molar-refractivity contribution in [2.24, 2.45) is 0 Å². The number of hydrogen-bond donors (Lipinski definition) is 2. The van der Waals surface area contributed by atoms with Gasteiger partial charge in [0.05, 0.1) is 22.4 Å². The maximum absolute atomic E-state index is 10.7. The number of benzene rings is 1. The van der Waals surface area contributed by atoms with Gasteiger partial charge in [0.15, 0.2) is 0 Å². The third-order valence-electron chi connectivity index (χ3n) is 4.01. The molecule has 0 unspecified atom stereocenters. The van der Waals surface area contributed by atoms with Gasteiger partial charge in [-0.1, -0.05) is 23.5 Å². The van der Waals surface area contributed by atoms with Crippen LogP contribution in [0.5, 0.6) is 0 Å². The molecule has 0 bridgehead atoms. The fourth-order valence-corrected chi connectivity index (χ4v) is 3.48. The van der Waals surface area contributed by atoms with E-state index >= 15 is 0 Å². The monoisotopic (exact) mass is 333 g/mol. The first-order valence-corrected chi connectivity index (χ1v) is 8.49. The van der Waals surface area contributed by atoms with Crippen molar-refractivity contribution in [1.82, 2.24) is 0 Å². The molecule has 0 radical (unpaired) electrons. The largest absolute Gasteiger partial charge is 0.393 e. The number of piperidine rings is 1. The van der Waals surface area contributed by atoms with Crippen molar-refractivity contribution in [2.75, 3.05) is 23.3 Å². The van der Waals surface area contributed by atoms with E-state index in [-0.39, 0.29) is 16.0 Å². The standard InChI is InChI=1S/C16H19N3O3S/c20-13-5-7-18(8-6-13)15-4-2-1-3-14(15)17-10-12-9-16(19(21)22)23-11-12/h1-4,9,11,13,17,20H,5-8,10H2. The highest BCUT2D eigenvalue weighted by Gasteiger charge is 2.19. The Hall–Kier alpha value is -2.12. The molecule has 6 nitrogen and oxygen atoms in total. The summed E-state index contributed by atoms with van der Waals surface area (Å²) in [6.45, 7) is 2.23. The number of thiophene rings is 1. The SMILES string of the molecule is O=[N+]([O-])c1cc(CNc2ccccc2N2CCC(O)CC2)cs1. The average Bonchev–Trinajstić information content (AvgIpc) is 3.03. The number of hydrogen-bond acceptors (Lipinski definition) is 6. The molecule has 0 amide bonds. The Balaban J connectivity index is 1.69. The van der Waals surface area contributed by atoms with Crippen molar-refractivity contribution in [2.45, 2.75) is 25.5 Å². The van der Waals surface area contributed by atoms with Gasteiger partial charge < -0.3 is 15.3 Å². The second-order valence-corrected chi connectivity index (χ2v) is 6.53. The highest BCUT2D eigenvalue weighted by molar-refractivity contribution is 7.13. The van der Waals surface area contributed by atoms with Crippen molar-refractivity contribution in [3.8, 4) is 0 Å². The minimum absolute atomic E-state index is 0.167. The lowest BCUT2D eigenvalue weighted by Gasteiger charge is -2.33. The maximum atomic E-state index is 10.7. The average molecular weight is 333 g/mol. The predicted octanol–water partition coefficient (Wildman–Crippen LogP) is 3.23. The van der Waals surface area contributed by atoms with Gasteiger partial charge in [0.25, 0.3) is 0 Å². The predicted molar refractivity (Wildman–Crippen MR) is 92.2 cm³/mol. The van der Waals surface area contributed by atoms with E-state index in [1.807, 2.05) is 23.6 Å². The van der Waals surface area contributed by atoms with Gasteiger partial charge in [-0.25, -0.2) is 0 Å². The van der Waals surface area contributed by atoms with Crippen LogP contribution in [-0.4, -0.2) is 29.2 Å². The lowest BCUT2D eigenvalue weighted by atomic mass is 10.1. The second-order valence-electron chi connectivity index (χ2n) is 5.64. The first-order valence-electron chi connectivity index (χ1n) is 7.61. The Morgan fingerprint density at radius 2 is 2.09 bits per heavy atom. The molecule has 1 saturated heterocycles. The molecule has 0 saturated carbocycles. The number of aliphatic hydroxyl groups is 1. The maximum Gasteiger partial charge on any atom is 0.324 e. The Morgan fingerprint density at radius 3 is 2.78 bits per heavy atom. The van der Waals surface area contributed by atoms with Crippen LogP contribution in [0.25, 0.3) is 0 Å². The van der Waals surface area contributed by atoms with Crippen LogP contribution in [-0.2, 0) is 6.54 Å². The lowest BCUT2D eigenvalue weighted by molar-refractivity contribution is -0.380. The highest BCUT2D eigenvalue weighted by Crippen LogP contribution is 2.29. The van der Waals surface area contributed by atoms with Gasteiger partial charge in [-0.3, -0.25) is 10.1 Å². The van der Waals surface area contributed by atoms with Gasteiger partial charge in [-0.05, 0) is 30.5 Å². The molecular weight excluding hydrogens is 314 g/mol. The summed E-state index contributed by atoms with van der Waals surface area (Å²) >= 11 is 1.15. The molecule has 1 aliphatic rings. The van der Waals surface area contributed by atoms with E-state index in [2.05, 4.69) is 16.3 Å². The molecule has 122 valence electrons. The van der Waals surface area contributed by atoms with E-state index in [1.54, 1.807) is 6.07 Å². The van der Waals surface area contributed by atoms with Gasteiger partial charge in [-0.2, -0.15) is 0 Å². The molecule has 2 heterocycles. The van der Waals surface area contributed by atoms with E-state index in [0.717, 1.165) is 54.2 Å². The third kappa shape index (κ3) is 3.80. The summed E-state index contributed by atoms with van der Waals surface area (Å²) < 4.78 is 0. The molecule has 1 fully saturated rings. The number of para-hydroxylation sites is 2. The Kier molecular flexibility index (Phi) is 4.78. The van der Waals surface area contributed by atoms with Crippen LogP contribution >= 0.6 is 11.3 Å². The number of nitrogens with one attached hydrogen (secondary N) is 1. The second kappa shape index (κ2) is 6.97. The summed E-state index contributed by atoms with van der Waals surface area (Å²) in [6.07, 6.45) is 1.37. The summed E-state index contributed by atoms with van der Waals surface area (Å²) in [7, 11) is 0. The van der Waals surface area contributed by atoms with Gasteiger partial charge in [0, 0.05) is 31.1 Å². The molecule has 0 atom stereocenters. The third-order valence-corrected chi connectivity index (χ3v) is 4.94. The zero-order chi connectivity index (χ0) is 16.2. The normalized spacial score (nSPS) is 15.6. The molecule has 1 aromatic heterocycles. The Bertz CT molecular complexity index is 681. The van der Waals surface area contributed by atoms with Crippen LogP contribution in [0.4, 0.5) is 16.4 Å². The van der Waals surface area contributed by atoms with Crippen LogP contribution in [0, 0.1) is 10.1 Å². The van der Waals surface area contributed by atoms with Crippen molar-refractivity contribution in [3.63, 3.8) is 0 Å². The molecular formula is C16H19N3O3S. The fraction of sp³-hybridized carbons (Fsp3) is 0.375. The smallest absolute Gasteiger partial charge is 0.324 e. The van der Waals surface area contributed by atoms with E-state index in [0.29, 0.717) is 6.54 Å². The van der Waals surface area contributed by atoms with E-state index in [4.69, 9.17) is 0 Å². The Morgan fingerprint density at radius 1 is 1.35 bits per heavy atom.